The van der Waals surface area contributed by atoms with E-state index in [-0.39, 0.29) is 17.5 Å². The van der Waals surface area contributed by atoms with Crippen LogP contribution in [-0.2, 0) is 9.53 Å². The standard InChI is InChI=1S/C12H18O2/c1-6(2)10-7-4-8-9(5-7)14-11(13)12(8,10)3/h6-10H,4-5H2,1-3H3. The molecule has 2 aliphatic carbocycles. The Kier molecular flexibility index (Phi) is 1.46. The molecule has 3 fully saturated rings. The molecule has 1 aliphatic heterocycles. The smallest absolute Gasteiger partial charge is 0.312 e. The fourth-order valence-corrected chi connectivity index (χ4v) is 4.62. The summed E-state index contributed by atoms with van der Waals surface area (Å²) in [6.07, 6.45) is 2.64. The fourth-order valence-electron chi connectivity index (χ4n) is 4.62. The maximum absolute atomic E-state index is 11.9. The van der Waals surface area contributed by atoms with Crippen LogP contribution in [0.4, 0.5) is 0 Å². The number of carbonyl (C=O) groups is 1. The van der Waals surface area contributed by atoms with E-state index in [0.29, 0.717) is 17.8 Å². The Morgan fingerprint density at radius 3 is 2.79 bits per heavy atom. The average Bonchev–Trinajstić information content (AvgIpc) is 2.61. The summed E-state index contributed by atoms with van der Waals surface area (Å²) in [5.74, 6) is 2.56. The topological polar surface area (TPSA) is 26.3 Å². The second kappa shape index (κ2) is 2.34. The highest BCUT2D eigenvalue weighted by Gasteiger charge is 2.69. The van der Waals surface area contributed by atoms with Gasteiger partial charge in [0.25, 0.3) is 0 Å². The van der Waals surface area contributed by atoms with Crippen molar-refractivity contribution in [1.29, 1.82) is 0 Å². The van der Waals surface area contributed by atoms with Gasteiger partial charge in [-0.3, -0.25) is 4.79 Å². The molecule has 2 nitrogen and oxygen atoms in total. The van der Waals surface area contributed by atoms with Crippen LogP contribution in [0.5, 0.6) is 0 Å². The summed E-state index contributed by atoms with van der Waals surface area (Å²) in [6.45, 7) is 6.64. The van der Waals surface area contributed by atoms with Crippen LogP contribution in [-0.4, -0.2) is 12.1 Å². The van der Waals surface area contributed by atoms with Crippen molar-refractivity contribution in [2.24, 2.45) is 29.1 Å². The zero-order valence-electron chi connectivity index (χ0n) is 9.12. The molecule has 0 aromatic heterocycles. The number of rotatable bonds is 1. The third-order valence-corrected chi connectivity index (χ3v) is 4.93. The third-order valence-electron chi connectivity index (χ3n) is 4.93. The van der Waals surface area contributed by atoms with Gasteiger partial charge in [0.1, 0.15) is 6.10 Å². The Morgan fingerprint density at radius 2 is 2.14 bits per heavy atom. The molecule has 0 aromatic carbocycles. The minimum absolute atomic E-state index is 0.0891. The van der Waals surface area contributed by atoms with Crippen molar-refractivity contribution in [3.8, 4) is 0 Å². The molecule has 2 bridgehead atoms. The van der Waals surface area contributed by atoms with Gasteiger partial charge in [-0.05, 0) is 37.5 Å². The molecule has 0 aromatic rings. The number of ether oxygens (including phenoxy) is 1. The van der Waals surface area contributed by atoms with Crippen molar-refractivity contribution in [3.05, 3.63) is 0 Å². The van der Waals surface area contributed by atoms with Gasteiger partial charge in [-0.1, -0.05) is 13.8 Å². The summed E-state index contributed by atoms with van der Waals surface area (Å²) < 4.78 is 5.48. The van der Waals surface area contributed by atoms with Crippen LogP contribution in [0.1, 0.15) is 33.6 Å². The third kappa shape index (κ3) is 0.731. The normalized spacial score (nSPS) is 54.4. The first kappa shape index (κ1) is 8.75. The summed E-state index contributed by atoms with van der Waals surface area (Å²) in [7, 11) is 0. The van der Waals surface area contributed by atoms with Gasteiger partial charge < -0.3 is 4.74 Å². The SMILES string of the molecule is CC(C)C1C2CC3OC(=O)C1(C)C3C2. The van der Waals surface area contributed by atoms with Crippen LogP contribution in [0.25, 0.3) is 0 Å². The van der Waals surface area contributed by atoms with Crippen LogP contribution >= 0.6 is 0 Å². The first-order chi connectivity index (χ1) is 6.55. The van der Waals surface area contributed by atoms with E-state index in [9.17, 15) is 4.79 Å². The van der Waals surface area contributed by atoms with Crippen molar-refractivity contribution < 1.29 is 9.53 Å². The Hall–Kier alpha value is -0.530. The molecule has 14 heavy (non-hydrogen) atoms. The average molecular weight is 194 g/mol. The van der Waals surface area contributed by atoms with Crippen LogP contribution in [0, 0.1) is 29.1 Å². The predicted octanol–water partition coefficient (Wildman–Crippen LogP) is 2.23. The molecule has 5 atom stereocenters. The number of hydrogen-bond donors (Lipinski definition) is 0. The Labute approximate surface area is 85.0 Å². The second-order valence-electron chi connectivity index (χ2n) is 5.83. The van der Waals surface area contributed by atoms with E-state index in [1.54, 1.807) is 0 Å². The van der Waals surface area contributed by atoms with E-state index < -0.39 is 0 Å². The molecule has 0 radical (unpaired) electrons. The molecule has 0 spiro atoms. The predicted molar refractivity (Wildman–Crippen MR) is 52.5 cm³/mol. The first-order valence-corrected chi connectivity index (χ1v) is 5.76. The van der Waals surface area contributed by atoms with Crippen molar-refractivity contribution in [2.45, 2.75) is 39.7 Å². The number of esters is 1. The van der Waals surface area contributed by atoms with E-state index in [4.69, 9.17) is 4.74 Å². The van der Waals surface area contributed by atoms with Gasteiger partial charge in [0, 0.05) is 5.92 Å². The number of carbonyl (C=O) groups excluding carboxylic acids is 1. The van der Waals surface area contributed by atoms with E-state index in [1.807, 2.05) is 0 Å². The minimum atomic E-state index is -0.137. The van der Waals surface area contributed by atoms with Gasteiger partial charge in [-0.15, -0.1) is 0 Å². The highest BCUT2D eigenvalue weighted by Crippen LogP contribution is 2.66. The van der Waals surface area contributed by atoms with Gasteiger partial charge in [-0.2, -0.15) is 0 Å². The van der Waals surface area contributed by atoms with Crippen molar-refractivity contribution in [3.63, 3.8) is 0 Å². The largest absolute Gasteiger partial charge is 0.462 e. The molecule has 0 N–H and O–H groups in total. The highest BCUT2D eigenvalue weighted by atomic mass is 16.6. The molecular weight excluding hydrogens is 176 g/mol. The molecule has 5 unspecified atom stereocenters. The molecule has 2 heteroatoms. The van der Waals surface area contributed by atoms with E-state index in [2.05, 4.69) is 20.8 Å². The molecule has 3 aliphatic rings. The second-order valence-corrected chi connectivity index (χ2v) is 5.83. The van der Waals surface area contributed by atoms with Crippen LogP contribution in [0.15, 0.2) is 0 Å². The number of hydrogen-bond acceptors (Lipinski definition) is 2. The first-order valence-electron chi connectivity index (χ1n) is 5.76. The molecule has 78 valence electrons. The van der Waals surface area contributed by atoms with Crippen LogP contribution in [0.2, 0.25) is 0 Å². The van der Waals surface area contributed by atoms with Crippen molar-refractivity contribution in [2.75, 3.05) is 0 Å². The molecule has 3 rings (SSSR count). The van der Waals surface area contributed by atoms with Crippen molar-refractivity contribution >= 4 is 5.97 Å². The fraction of sp³-hybridized carbons (Fsp3) is 0.917. The van der Waals surface area contributed by atoms with Gasteiger partial charge in [0.15, 0.2) is 0 Å². The maximum atomic E-state index is 11.9. The number of fused-ring (bicyclic) bond motifs is 1. The monoisotopic (exact) mass is 194 g/mol. The Bertz CT molecular complexity index is 297. The highest BCUT2D eigenvalue weighted by molar-refractivity contribution is 5.81. The van der Waals surface area contributed by atoms with E-state index >= 15 is 0 Å². The zero-order valence-corrected chi connectivity index (χ0v) is 9.12. The lowest BCUT2D eigenvalue weighted by Gasteiger charge is -2.35. The maximum Gasteiger partial charge on any atom is 0.312 e. The van der Waals surface area contributed by atoms with E-state index in [0.717, 1.165) is 12.3 Å². The van der Waals surface area contributed by atoms with E-state index in [1.165, 1.54) is 6.42 Å². The quantitative estimate of drug-likeness (QED) is 0.598. The van der Waals surface area contributed by atoms with Gasteiger partial charge >= 0.3 is 5.97 Å². The lowest BCUT2D eigenvalue weighted by molar-refractivity contribution is -0.149. The Balaban J connectivity index is 2.07. The summed E-state index contributed by atoms with van der Waals surface area (Å²) in [4.78, 5) is 11.9. The Morgan fingerprint density at radius 1 is 1.43 bits per heavy atom. The molecule has 2 saturated carbocycles. The lowest BCUT2D eigenvalue weighted by atomic mass is 9.64. The lowest BCUT2D eigenvalue weighted by Crippen LogP contribution is -2.39. The molecular formula is C12H18O2. The van der Waals surface area contributed by atoms with Crippen molar-refractivity contribution in [1.82, 2.24) is 0 Å². The van der Waals surface area contributed by atoms with Gasteiger partial charge in [0.2, 0.25) is 0 Å². The zero-order chi connectivity index (χ0) is 10.1. The van der Waals surface area contributed by atoms with Crippen LogP contribution < -0.4 is 0 Å². The molecule has 1 heterocycles. The van der Waals surface area contributed by atoms with Crippen LogP contribution in [0.3, 0.4) is 0 Å². The summed E-state index contributed by atoms with van der Waals surface area (Å²) in [5, 5.41) is 0. The molecule has 1 saturated heterocycles. The van der Waals surface area contributed by atoms with Gasteiger partial charge in [0.05, 0.1) is 5.41 Å². The molecule has 0 amide bonds. The van der Waals surface area contributed by atoms with Gasteiger partial charge in [-0.25, -0.2) is 0 Å². The minimum Gasteiger partial charge on any atom is -0.462 e. The summed E-state index contributed by atoms with van der Waals surface area (Å²) in [5.41, 5.74) is -0.137. The summed E-state index contributed by atoms with van der Waals surface area (Å²) in [6, 6.07) is 0. The summed E-state index contributed by atoms with van der Waals surface area (Å²) >= 11 is 0.